The number of anilines is 1. The highest BCUT2D eigenvalue weighted by molar-refractivity contribution is 7.99. The molecule has 1 unspecified atom stereocenters. The van der Waals surface area contributed by atoms with E-state index < -0.39 is 6.23 Å². The molecule has 1 atom stereocenters. The van der Waals surface area contributed by atoms with Crippen LogP contribution in [-0.4, -0.2) is 26.8 Å². The third kappa shape index (κ3) is 3.88. The lowest BCUT2D eigenvalue weighted by Crippen LogP contribution is -2.36. The molecule has 2 aromatic carbocycles. The van der Waals surface area contributed by atoms with Crippen molar-refractivity contribution < 1.29 is 9.53 Å². The fraction of sp³-hybridized carbons (Fsp3) is 0.143. The number of para-hydroxylation sites is 1. The molecule has 1 aromatic heterocycles. The lowest BCUT2D eigenvalue weighted by Gasteiger charge is -2.30. The van der Waals surface area contributed by atoms with Gasteiger partial charge in [-0.2, -0.15) is 4.98 Å². The van der Waals surface area contributed by atoms with Crippen molar-refractivity contribution in [2.24, 2.45) is 0 Å². The first kappa shape index (κ1) is 20.7. The summed E-state index contributed by atoms with van der Waals surface area (Å²) in [7, 11) is 0. The SMILES string of the molecule is C=CCSc1nnc2c(n1)OC(c1ccc(Cl)cc1Cl)N(C(C)=O)c1ccccc1-2. The Labute approximate surface area is 187 Å². The van der Waals surface area contributed by atoms with Gasteiger partial charge in [0.2, 0.25) is 23.2 Å². The Morgan fingerprint density at radius 2 is 2.07 bits per heavy atom. The van der Waals surface area contributed by atoms with Gasteiger partial charge in [-0.1, -0.05) is 65.3 Å². The number of carbonyl (C=O) groups excluding carboxylic acids is 1. The number of rotatable bonds is 4. The minimum atomic E-state index is -0.858. The number of aromatic nitrogens is 3. The van der Waals surface area contributed by atoms with Gasteiger partial charge in [0, 0.05) is 28.8 Å². The molecule has 9 heteroatoms. The summed E-state index contributed by atoms with van der Waals surface area (Å²) in [5.74, 6) is 0.674. The first-order valence-electron chi connectivity index (χ1n) is 8.99. The Kier molecular flexibility index (Phi) is 5.94. The fourth-order valence-corrected chi connectivity index (χ4v) is 4.17. The number of amides is 1. The molecule has 0 N–H and O–H groups in total. The van der Waals surface area contributed by atoms with Gasteiger partial charge in [0.15, 0.2) is 5.69 Å². The number of benzene rings is 2. The van der Waals surface area contributed by atoms with E-state index >= 15 is 0 Å². The van der Waals surface area contributed by atoms with E-state index in [1.807, 2.05) is 24.3 Å². The van der Waals surface area contributed by atoms with Crippen molar-refractivity contribution in [1.82, 2.24) is 15.2 Å². The smallest absolute Gasteiger partial charge is 0.247 e. The molecule has 0 bridgehead atoms. The second-order valence-electron chi connectivity index (χ2n) is 6.39. The molecular weight excluding hydrogens is 443 g/mol. The number of hydrogen-bond donors (Lipinski definition) is 0. The Morgan fingerprint density at radius 1 is 1.27 bits per heavy atom. The molecule has 0 radical (unpaired) electrons. The van der Waals surface area contributed by atoms with Gasteiger partial charge in [0.25, 0.3) is 0 Å². The third-order valence-electron chi connectivity index (χ3n) is 4.41. The lowest BCUT2D eigenvalue weighted by atomic mass is 10.1. The maximum absolute atomic E-state index is 12.7. The molecule has 1 aliphatic heterocycles. The van der Waals surface area contributed by atoms with E-state index in [1.165, 1.54) is 23.6 Å². The van der Waals surface area contributed by atoms with Crippen LogP contribution in [0.5, 0.6) is 5.88 Å². The van der Waals surface area contributed by atoms with Gasteiger partial charge in [0.1, 0.15) is 0 Å². The number of ether oxygens (including phenoxy) is 1. The van der Waals surface area contributed by atoms with Crippen molar-refractivity contribution in [1.29, 1.82) is 0 Å². The molecule has 0 spiro atoms. The summed E-state index contributed by atoms with van der Waals surface area (Å²) < 4.78 is 6.27. The second-order valence-corrected chi connectivity index (χ2v) is 8.22. The highest BCUT2D eigenvalue weighted by atomic mass is 35.5. The van der Waals surface area contributed by atoms with E-state index in [0.29, 0.717) is 43.5 Å². The van der Waals surface area contributed by atoms with E-state index in [-0.39, 0.29) is 11.8 Å². The molecule has 4 rings (SSSR count). The Bertz CT molecular complexity index is 1140. The monoisotopic (exact) mass is 458 g/mol. The van der Waals surface area contributed by atoms with Crippen LogP contribution in [0.25, 0.3) is 11.3 Å². The van der Waals surface area contributed by atoms with Crippen molar-refractivity contribution in [2.45, 2.75) is 18.3 Å². The molecule has 1 amide bonds. The largest absolute Gasteiger partial charge is 0.447 e. The highest BCUT2D eigenvalue weighted by Gasteiger charge is 2.35. The van der Waals surface area contributed by atoms with Crippen LogP contribution in [0.15, 0.2) is 60.3 Å². The average molecular weight is 459 g/mol. The molecular formula is C21H16Cl2N4O2S. The summed E-state index contributed by atoms with van der Waals surface area (Å²) in [6, 6.07) is 12.4. The Hall–Kier alpha value is -2.61. The van der Waals surface area contributed by atoms with Crippen LogP contribution < -0.4 is 9.64 Å². The minimum Gasteiger partial charge on any atom is -0.447 e. The summed E-state index contributed by atoms with van der Waals surface area (Å²) in [6.07, 6.45) is 0.896. The molecule has 3 aromatic rings. The average Bonchev–Trinajstić information content (AvgIpc) is 2.86. The van der Waals surface area contributed by atoms with Gasteiger partial charge < -0.3 is 4.74 Å². The third-order valence-corrected chi connectivity index (χ3v) is 5.81. The lowest BCUT2D eigenvalue weighted by molar-refractivity contribution is -0.118. The van der Waals surface area contributed by atoms with E-state index in [4.69, 9.17) is 27.9 Å². The quantitative estimate of drug-likeness (QED) is 0.376. The van der Waals surface area contributed by atoms with Gasteiger partial charge in [-0.15, -0.1) is 16.8 Å². The van der Waals surface area contributed by atoms with Gasteiger partial charge in [-0.05, 0) is 18.2 Å². The number of halogens is 2. The fourth-order valence-electron chi connectivity index (χ4n) is 3.15. The summed E-state index contributed by atoms with van der Waals surface area (Å²) in [5, 5.41) is 9.85. The topological polar surface area (TPSA) is 68.2 Å². The van der Waals surface area contributed by atoms with Gasteiger partial charge >= 0.3 is 0 Å². The van der Waals surface area contributed by atoms with Crippen LogP contribution in [0.1, 0.15) is 18.7 Å². The summed E-state index contributed by atoms with van der Waals surface area (Å²) in [6.45, 7) is 5.18. The van der Waals surface area contributed by atoms with E-state index in [0.717, 1.165) is 0 Å². The summed E-state index contributed by atoms with van der Waals surface area (Å²) >= 11 is 13.9. The predicted octanol–water partition coefficient (Wildman–Crippen LogP) is 5.57. The minimum absolute atomic E-state index is 0.222. The van der Waals surface area contributed by atoms with Crippen molar-refractivity contribution in [2.75, 3.05) is 10.7 Å². The zero-order valence-corrected chi connectivity index (χ0v) is 18.2. The van der Waals surface area contributed by atoms with E-state index in [2.05, 4.69) is 21.8 Å². The van der Waals surface area contributed by atoms with Crippen LogP contribution in [0.2, 0.25) is 10.0 Å². The normalized spacial score (nSPS) is 14.9. The standard InChI is InChI=1S/C21H16Cl2N4O2S/c1-3-10-30-21-24-19-18(25-26-21)15-6-4-5-7-17(15)27(12(2)28)20(29-19)14-9-8-13(22)11-16(14)23/h3-9,11,20H,1,10H2,2H3. The zero-order chi connectivity index (χ0) is 21.3. The number of fused-ring (bicyclic) bond motifs is 3. The molecule has 0 fully saturated rings. The second kappa shape index (κ2) is 8.63. The molecule has 0 aliphatic carbocycles. The first-order chi connectivity index (χ1) is 14.5. The molecule has 0 saturated heterocycles. The number of thioether (sulfide) groups is 1. The van der Waals surface area contributed by atoms with E-state index in [9.17, 15) is 4.79 Å². The van der Waals surface area contributed by atoms with Crippen molar-refractivity contribution in [3.8, 4) is 17.1 Å². The number of carbonyl (C=O) groups is 1. The molecule has 30 heavy (non-hydrogen) atoms. The summed E-state index contributed by atoms with van der Waals surface area (Å²) in [4.78, 5) is 18.8. The Morgan fingerprint density at radius 3 is 2.80 bits per heavy atom. The maximum atomic E-state index is 12.7. The highest BCUT2D eigenvalue weighted by Crippen LogP contribution is 2.44. The maximum Gasteiger partial charge on any atom is 0.247 e. The predicted molar refractivity (Wildman–Crippen MR) is 119 cm³/mol. The zero-order valence-electron chi connectivity index (χ0n) is 15.9. The van der Waals surface area contributed by atoms with E-state index in [1.54, 1.807) is 24.3 Å². The van der Waals surface area contributed by atoms with Gasteiger partial charge in [0.05, 0.1) is 10.7 Å². The van der Waals surface area contributed by atoms with Crippen LogP contribution >= 0.6 is 35.0 Å². The molecule has 6 nitrogen and oxygen atoms in total. The first-order valence-corrected chi connectivity index (χ1v) is 10.7. The summed E-state index contributed by atoms with van der Waals surface area (Å²) in [5.41, 5.74) is 2.35. The molecule has 2 heterocycles. The van der Waals surface area contributed by atoms with Crippen molar-refractivity contribution >= 4 is 46.6 Å². The van der Waals surface area contributed by atoms with Crippen molar-refractivity contribution in [3.63, 3.8) is 0 Å². The number of nitrogens with zero attached hydrogens (tertiary/aromatic N) is 4. The van der Waals surface area contributed by atoms with Crippen LogP contribution in [-0.2, 0) is 4.79 Å². The number of hydrogen-bond acceptors (Lipinski definition) is 6. The molecule has 152 valence electrons. The molecule has 1 aliphatic rings. The van der Waals surface area contributed by atoms with Crippen LogP contribution in [0.4, 0.5) is 5.69 Å². The van der Waals surface area contributed by atoms with Gasteiger partial charge in [-0.25, -0.2) is 0 Å². The van der Waals surface area contributed by atoms with Crippen molar-refractivity contribution in [3.05, 3.63) is 70.7 Å². The van der Waals surface area contributed by atoms with Crippen LogP contribution in [0.3, 0.4) is 0 Å². The Balaban J connectivity index is 1.93. The van der Waals surface area contributed by atoms with Crippen LogP contribution in [0, 0.1) is 0 Å². The van der Waals surface area contributed by atoms with Gasteiger partial charge in [-0.3, -0.25) is 9.69 Å². The molecule has 0 saturated carbocycles.